The lowest BCUT2D eigenvalue weighted by atomic mass is 9.90. The molecule has 166 valence electrons. The van der Waals surface area contributed by atoms with Gasteiger partial charge in [-0.25, -0.2) is 0 Å². The van der Waals surface area contributed by atoms with Gasteiger partial charge in [0.1, 0.15) is 0 Å². The maximum absolute atomic E-state index is 11.7. The van der Waals surface area contributed by atoms with Crippen molar-refractivity contribution in [3.05, 3.63) is 0 Å². The first-order chi connectivity index (χ1) is 13.0. The molecule has 0 unspecified atom stereocenters. The van der Waals surface area contributed by atoms with Gasteiger partial charge in [0, 0.05) is 31.7 Å². The molecule has 0 spiro atoms. The predicted molar refractivity (Wildman–Crippen MR) is 118 cm³/mol. The molecule has 2 amide bonds. The van der Waals surface area contributed by atoms with Crippen molar-refractivity contribution in [2.45, 2.75) is 60.8 Å². The molecule has 0 aliphatic heterocycles. The molecule has 0 aromatic heterocycles. The molecule has 28 heavy (non-hydrogen) atoms. The summed E-state index contributed by atoms with van der Waals surface area (Å²) in [4.78, 5) is 23.3. The number of nitrogens with one attached hydrogen (secondary N) is 2. The summed E-state index contributed by atoms with van der Waals surface area (Å²) < 4.78 is 10.8. The van der Waals surface area contributed by atoms with E-state index < -0.39 is 0 Å². The molecule has 0 aromatic rings. The summed E-state index contributed by atoms with van der Waals surface area (Å²) in [6.07, 6.45) is 1.97. The number of carbonyl (C=O) groups excluding carboxylic acids is 2. The fourth-order valence-corrected chi connectivity index (χ4v) is 3.14. The average Bonchev–Trinajstić information content (AvgIpc) is 2.57. The zero-order valence-corrected chi connectivity index (χ0v) is 19.6. The van der Waals surface area contributed by atoms with Crippen LogP contribution >= 0.6 is 11.8 Å². The Hall–Kier alpha value is -0.790. The van der Waals surface area contributed by atoms with Crippen molar-refractivity contribution in [1.29, 1.82) is 0 Å². The molecule has 0 saturated heterocycles. The van der Waals surface area contributed by atoms with E-state index in [4.69, 9.17) is 9.47 Å². The van der Waals surface area contributed by atoms with Crippen LogP contribution in [0.5, 0.6) is 0 Å². The summed E-state index contributed by atoms with van der Waals surface area (Å²) in [5, 5.41) is 5.71. The van der Waals surface area contributed by atoms with Crippen LogP contribution in [0.25, 0.3) is 0 Å². The summed E-state index contributed by atoms with van der Waals surface area (Å²) >= 11 is 1.82. The van der Waals surface area contributed by atoms with Gasteiger partial charge in [0.05, 0.1) is 26.4 Å². The molecule has 0 aliphatic carbocycles. The second-order valence-electron chi connectivity index (χ2n) is 9.35. The molecule has 7 heteroatoms. The first kappa shape index (κ1) is 27.2. The topological polar surface area (TPSA) is 76.7 Å². The summed E-state index contributed by atoms with van der Waals surface area (Å²) in [5.74, 6) is 2.06. The quantitative estimate of drug-likeness (QED) is 0.399. The van der Waals surface area contributed by atoms with E-state index >= 15 is 0 Å². The Kier molecular flexibility index (Phi) is 14.7. The smallest absolute Gasteiger partial charge is 0.220 e. The van der Waals surface area contributed by atoms with Gasteiger partial charge in [-0.1, -0.05) is 41.5 Å². The van der Waals surface area contributed by atoms with E-state index in [-0.39, 0.29) is 17.2 Å². The van der Waals surface area contributed by atoms with Crippen molar-refractivity contribution in [3.63, 3.8) is 0 Å². The number of carbonyl (C=O) groups is 2. The first-order valence-electron chi connectivity index (χ1n) is 10.3. The van der Waals surface area contributed by atoms with Gasteiger partial charge in [0.25, 0.3) is 0 Å². The van der Waals surface area contributed by atoms with E-state index in [1.807, 2.05) is 11.8 Å². The summed E-state index contributed by atoms with van der Waals surface area (Å²) in [6, 6.07) is 0. The lowest BCUT2D eigenvalue weighted by Gasteiger charge is -2.17. The van der Waals surface area contributed by atoms with E-state index in [0.717, 1.165) is 17.9 Å². The highest BCUT2D eigenvalue weighted by Gasteiger charge is 2.12. The Morgan fingerprint density at radius 1 is 0.750 bits per heavy atom. The molecule has 2 N–H and O–H groups in total. The minimum absolute atomic E-state index is 0.0716. The fraction of sp³-hybridized carbons (Fsp3) is 0.905. The van der Waals surface area contributed by atoms with Crippen LogP contribution in [-0.4, -0.2) is 62.8 Å². The van der Waals surface area contributed by atoms with Crippen molar-refractivity contribution in [2.75, 3.05) is 51.0 Å². The lowest BCUT2D eigenvalue weighted by Crippen LogP contribution is -2.29. The SMILES string of the molecule is CC(C)(C)CCC(=O)NCCOCCOCCNC(=O)CCSCC(C)(C)C. The standard InChI is InChI=1S/C21H42N2O4S/c1-20(2,3)9-7-18(24)22-10-12-26-14-15-27-13-11-23-19(25)8-16-28-17-21(4,5)6/h7-17H2,1-6H3,(H,22,24)(H,23,25). The second kappa shape index (κ2) is 15.1. The van der Waals surface area contributed by atoms with E-state index in [1.54, 1.807) is 0 Å². The maximum Gasteiger partial charge on any atom is 0.220 e. The van der Waals surface area contributed by atoms with Gasteiger partial charge in [0.2, 0.25) is 11.8 Å². The van der Waals surface area contributed by atoms with Gasteiger partial charge in [-0.3, -0.25) is 9.59 Å². The third kappa shape index (κ3) is 21.5. The summed E-state index contributed by atoms with van der Waals surface area (Å²) in [7, 11) is 0. The fourth-order valence-electron chi connectivity index (χ4n) is 2.06. The lowest BCUT2D eigenvalue weighted by molar-refractivity contribution is -0.122. The normalized spacial score (nSPS) is 12.1. The Morgan fingerprint density at radius 3 is 1.71 bits per heavy atom. The predicted octanol–water partition coefficient (Wildman–Crippen LogP) is 3.25. The van der Waals surface area contributed by atoms with E-state index in [0.29, 0.717) is 57.8 Å². The third-order valence-corrected chi connectivity index (χ3v) is 5.18. The Labute approximate surface area is 176 Å². The molecule has 0 saturated carbocycles. The molecule has 0 fully saturated rings. The van der Waals surface area contributed by atoms with Gasteiger partial charge in [-0.05, 0) is 23.0 Å². The van der Waals surface area contributed by atoms with Crippen LogP contribution in [0.4, 0.5) is 0 Å². The minimum Gasteiger partial charge on any atom is -0.377 e. The van der Waals surface area contributed by atoms with Gasteiger partial charge >= 0.3 is 0 Å². The number of hydrogen-bond donors (Lipinski definition) is 2. The van der Waals surface area contributed by atoms with Crippen molar-refractivity contribution in [1.82, 2.24) is 10.6 Å². The highest BCUT2D eigenvalue weighted by Crippen LogP contribution is 2.21. The van der Waals surface area contributed by atoms with Gasteiger partial charge < -0.3 is 20.1 Å². The van der Waals surface area contributed by atoms with Crippen LogP contribution in [-0.2, 0) is 19.1 Å². The third-order valence-electron chi connectivity index (χ3n) is 3.62. The van der Waals surface area contributed by atoms with Crippen LogP contribution in [0.1, 0.15) is 60.8 Å². The van der Waals surface area contributed by atoms with Crippen molar-refractivity contribution in [2.24, 2.45) is 10.8 Å². The highest BCUT2D eigenvalue weighted by atomic mass is 32.2. The van der Waals surface area contributed by atoms with Gasteiger partial charge in [-0.2, -0.15) is 11.8 Å². The van der Waals surface area contributed by atoms with Crippen molar-refractivity contribution in [3.8, 4) is 0 Å². The molecule has 6 nitrogen and oxygen atoms in total. The Balaban J connectivity index is 3.35. The highest BCUT2D eigenvalue weighted by molar-refractivity contribution is 7.99. The van der Waals surface area contributed by atoms with E-state index in [1.165, 1.54) is 0 Å². The second-order valence-corrected chi connectivity index (χ2v) is 10.5. The molecule has 0 bridgehead atoms. The maximum atomic E-state index is 11.7. The summed E-state index contributed by atoms with van der Waals surface area (Å²) in [5.41, 5.74) is 0.477. The number of thioether (sulfide) groups is 1. The van der Waals surface area contributed by atoms with Crippen molar-refractivity contribution < 1.29 is 19.1 Å². The van der Waals surface area contributed by atoms with E-state index in [9.17, 15) is 9.59 Å². The molecule has 0 heterocycles. The Morgan fingerprint density at radius 2 is 1.25 bits per heavy atom. The van der Waals surface area contributed by atoms with Crippen LogP contribution in [0.2, 0.25) is 0 Å². The van der Waals surface area contributed by atoms with Gasteiger partial charge in [0.15, 0.2) is 0 Å². The number of hydrogen-bond acceptors (Lipinski definition) is 5. The molecular weight excluding hydrogens is 376 g/mol. The van der Waals surface area contributed by atoms with Crippen LogP contribution < -0.4 is 10.6 Å². The molecule has 0 radical (unpaired) electrons. The van der Waals surface area contributed by atoms with Gasteiger partial charge in [-0.15, -0.1) is 0 Å². The van der Waals surface area contributed by atoms with Crippen LogP contribution in [0.15, 0.2) is 0 Å². The molecular formula is C21H42N2O4S. The minimum atomic E-state index is 0.0716. The Bertz CT molecular complexity index is 431. The molecule has 0 atom stereocenters. The number of amides is 2. The number of rotatable bonds is 15. The molecule has 0 aromatic carbocycles. The van der Waals surface area contributed by atoms with Crippen LogP contribution in [0, 0.1) is 10.8 Å². The largest absolute Gasteiger partial charge is 0.377 e. The first-order valence-corrected chi connectivity index (χ1v) is 11.4. The number of ether oxygens (including phenoxy) is 2. The van der Waals surface area contributed by atoms with E-state index in [2.05, 4.69) is 52.2 Å². The van der Waals surface area contributed by atoms with Crippen molar-refractivity contribution >= 4 is 23.6 Å². The summed E-state index contributed by atoms with van der Waals surface area (Å²) in [6.45, 7) is 15.9. The van der Waals surface area contributed by atoms with Crippen LogP contribution in [0.3, 0.4) is 0 Å². The molecule has 0 rings (SSSR count). The average molecular weight is 419 g/mol. The zero-order valence-electron chi connectivity index (χ0n) is 18.8. The zero-order chi connectivity index (χ0) is 21.5. The monoisotopic (exact) mass is 418 g/mol. The molecule has 0 aliphatic rings.